The van der Waals surface area contributed by atoms with Crippen LogP contribution in [0.3, 0.4) is 0 Å². The summed E-state index contributed by atoms with van der Waals surface area (Å²) in [7, 11) is 0. The Morgan fingerprint density at radius 2 is 1.94 bits per heavy atom. The van der Waals surface area contributed by atoms with Crippen LogP contribution in [0.5, 0.6) is 0 Å². The molecule has 1 saturated heterocycles. The molecule has 1 aromatic heterocycles. The molecule has 166 valence electrons. The number of piperidine rings is 1. The number of nitrogens with zero attached hydrogens (tertiary/aromatic N) is 3. The van der Waals surface area contributed by atoms with Gasteiger partial charge < -0.3 is 15.5 Å². The Bertz CT molecular complexity index is 915. The van der Waals surface area contributed by atoms with Gasteiger partial charge in [0, 0.05) is 25.0 Å². The van der Waals surface area contributed by atoms with Gasteiger partial charge in [0.2, 0.25) is 11.8 Å². The molecule has 9 heteroatoms. The van der Waals surface area contributed by atoms with Crippen molar-refractivity contribution in [1.82, 2.24) is 15.5 Å². The van der Waals surface area contributed by atoms with Crippen molar-refractivity contribution in [2.24, 2.45) is 5.92 Å². The van der Waals surface area contributed by atoms with Crippen molar-refractivity contribution in [1.29, 1.82) is 0 Å². The maximum absolute atomic E-state index is 12.2. The number of benzene rings is 1. The molecule has 2 aromatic rings. The van der Waals surface area contributed by atoms with E-state index < -0.39 is 0 Å². The van der Waals surface area contributed by atoms with Gasteiger partial charge in [-0.15, -0.1) is 10.2 Å². The minimum Gasteiger partial charge on any atom is -0.355 e. The van der Waals surface area contributed by atoms with E-state index in [2.05, 4.69) is 25.7 Å². The first-order valence-corrected chi connectivity index (χ1v) is 11.8. The fourth-order valence-electron chi connectivity index (χ4n) is 3.38. The molecule has 0 bridgehead atoms. The zero-order valence-corrected chi connectivity index (χ0v) is 19.6. The number of hydrogen-bond acceptors (Lipinski definition) is 6. The Morgan fingerprint density at radius 1 is 1.19 bits per heavy atom. The molecule has 1 aliphatic rings. The summed E-state index contributed by atoms with van der Waals surface area (Å²) >= 11 is 7.48. The van der Waals surface area contributed by atoms with Gasteiger partial charge >= 0.3 is 0 Å². The molecule has 1 aliphatic heterocycles. The lowest BCUT2D eigenvalue weighted by Crippen LogP contribution is -2.42. The van der Waals surface area contributed by atoms with Crippen molar-refractivity contribution in [3.05, 3.63) is 40.9 Å². The summed E-state index contributed by atoms with van der Waals surface area (Å²) in [5.41, 5.74) is 1.64. The van der Waals surface area contributed by atoms with Crippen molar-refractivity contribution < 1.29 is 9.59 Å². The molecule has 0 radical (unpaired) electrons. The van der Waals surface area contributed by atoms with E-state index >= 15 is 0 Å². The van der Waals surface area contributed by atoms with Crippen molar-refractivity contribution in [3.8, 4) is 0 Å². The van der Waals surface area contributed by atoms with Gasteiger partial charge in [-0.25, -0.2) is 0 Å². The quantitative estimate of drug-likeness (QED) is 0.608. The average molecular weight is 462 g/mol. The Hall–Kier alpha value is -2.32. The molecule has 2 amide bonds. The standard InChI is InChI=1S/C22H28ClN5O2S/c1-14(2)24-22(30)16-8-10-28(11-9-16)19-6-7-21(27-26-19)31-13-20(29)25-18-5-4-15(3)12-17(18)23/h4-7,12,14,16H,8-11,13H2,1-3H3,(H,24,30)(H,25,29). The zero-order chi connectivity index (χ0) is 22.4. The number of amides is 2. The molecule has 2 heterocycles. The molecule has 0 spiro atoms. The molecule has 0 unspecified atom stereocenters. The molecule has 0 saturated carbocycles. The van der Waals surface area contributed by atoms with Crippen LogP contribution in [0, 0.1) is 12.8 Å². The molecule has 0 aliphatic carbocycles. The number of aromatic nitrogens is 2. The first-order chi connectivity index (χ1) is 14.8. The van der Waals surface area contributed by atoms with Crippen LogP contribution in [-0.2, 0) is 9.59 Å². The molecule has 3 rings (SSSR count). The third-order valence-corrected chi connectivity index (χ3v) is 6.23. The molecule has 1 aromatic carbocycles. The molecule has 31 heavy (non-hydrogen) atoms. The SMILES string of the molecule is Cc1ccc(NC(=O)CSc2ccc(N3CCC(C(=O)NC(C)C)CC3)nn2)c(Cl)c1. The second-order valence-electron chi connectivity index (χ2n) is 7.97. The summed E-state index contributed by atoms with van der Waals surface area (Å²) in [4.78, 5) is 26.5. The normalized spacial score (nSPS) is 14.5. The van der Waals surface area contributed by atoms with Crippen molar-refractivity contribution in [3.63, 3.8) is 0 Å². The predicted molar refractivity (Wildman–Crippen MR) is 126 cm³/mol. The summed E-state index contributed by atoms with van der Waals surface area (Å²) in [5, 5.41) is 15.6. The Balaban J connectivity index is 1.46. The molecule has 2 N–H and O–H groups in total. The minimum atomic E-state index is -0.150. The van der Waals surface area contributed by atoms with Crippen molar-refractivity contribution in [2.75, 3.05) is 29.1 Å². The van der Waals surface area contributed by atoms with Crippen LogP contribution in [0.1, 0.15) is 32.3 Å². The van der Waals surface area contributed by atoms with E-state index in [-0.39, 0.29) is 29.5 Å². The van der Waals surface area contributed by atoms with Crippen LogP contribution in [0.15, 0.2) is 35.4 Å². The third kappa shape index (κ3) is 6.83. The van der Waals surface area contributed by atoms with Crippen LogP contribution in [0.4, 0.5) is 11.5 Å². The first-order valence-electron chi connectivity index (χ1n) is 10.4. The second kappa shape index (κ2) is 10.8. The number of hydrogen-bond donors (Lipinski definition) is 2. The molecule has 0 atom stereocenters. The molecule has 1 fully saturated rings. The number of rotatable bonds is 7. The van der Waals surface area contributed by atoms with Crippen molar-refractivity contribution in [2.45, 2.75) is 44.7 Å². The van der Waals surface area contributed by atoms with Crippen LogP contribution < -0.4 is 15.5 Å². The smallest absolute Gasteiger partial charge is 0.234 e. The Morgan fingerprint density at radius 3 is 2.55 bits per heavy atom. The summed E-state index contributed by atoms with van der Waals surface area (Å²) in [5.74, 6) is 1.06. The van der Waals surface area contributed by atoms with E-state index in [1.807, 2.05) is 45.0 Å². The number of carbonyl (C=O) groups excluding carboxylic acids is 2. The largest absolute Gasteiger partial charge is 0.355 e. The topological polar surface area (TPSA) is 87.2 Å². The maximum Gasteiger partial charge on any atom is 0.234 e. The molecular weight excluding hydrogens is 434 g/mol. The highest BCUT2D eigenvalue weighted by Crippen LogP contribution is 2.25. The fourth-order valence-corrected chi connectivity index (χ4v) is 4.28. The fraction of sp³-hybridized carbons (Fsp3) is 0.455. The van der Waals surface area contributed by atoms with Gasteiger partial charge in [-0.05, 0) is 63.4 Å². The number of anilines is 2. The van der Waals surface area contributed by atoms with Gasteiger partial charge in [0.1, 0.15) is 5.03 Å². The number of thioether (sulfide) groups is 1. The van der Waals surface area contributed by atoms with Crippen LogP contribution in [-0.4, -0.2) is 46.9 Å². The van der Waals surface area contributed by atoms with Gasteiger partial charge in [-0.1, -0.05) is 29.4 Å². The lowest BCUT2D eigenvalue weighted by Gasteiger charge is -2.32. The highest BCUT2D eigenvalue weighted by Gasteiger charge is 2.26. The van der Waals surface area contributed by atoms with Crippen LogP contribution in [0.2, 0.25) is 5.02 Å². The van der Waals surface area contributed by atoms with E-state index in [9.17, 15) is 9.59 Å². The summed E-state index contributed by atoms with van der Waals surface area (Å²) in [6.07, 6.45) is 1.61. The Labute approximate surface area is 192 Å². The van der Waals surface area contributed by atoms with E-state index in [1.165, 1.54) is 11.8 Å². The number of carbonyl (C=O) groups is 2. The predicted octanol–water partition coefficient (Wildman–Crippen LogP) is 3.91. The summed E-state index contributed by atoms with van der Waals surface area (Å²) in [6.45, 7) is 7.45. The van der Waals surface area contributed by atoms with Gasteiger partial charge in [-0.2, -0.15) is 0 Å². The average Bonchev–Trinajstić information content (AvgIpc) is 2.74. The molecular formula is C22H28ClN5O2S. The number of nitrogens with one attached hydrogen (secondary N) is 2. The second-order valence-corrected chi connectivity index (χ2v) is 9.38. The van der Waals surface area contributed by atoms with Crippen LogP contribution >= 0.6 is 23.4 Å². The van der Waals surface area contributed by atoms with Crippen LogP contribution in [0.25, 0.3) is 0 Å². The van der Waals surface area contributed by atoms with Gasteiger partial charge in [0.25, 0.3) is 0 Å². The van der Waals surface area contributed by atoms with Gasteiger partial charge in [0.15, 0.2) is 5.82 Å². The monoisotopic (exact) mass is 461 g/mol. The minimum absolute atomic E-state index is 0.0574. The van der Waals surface area contributed by atoms with E-state index in [1.54, 1.807) is 6.07 Å². The highest BCUT2D eigenvalue weighted by molar-refractivity contribution is 7.99. The number of halogens is 1. The number of aryl methyl sites for hydroxylation is 1. The van der Waals surface area contributed by atoms with Gasteiger partial charge in [0.05, 0.1) is 16.5 Å². The van der Waals surface area contributed by atoms with Gasteiger partial charge in [-0.3, -0.25) is 9.59 Å². The highest BCUT2D eigenvalue weighted by atomic mass is 35.5. The molecule has 7 nitrogen and oxygen atoms in total. The Kier molecular flexibility index (Phi) is 8.15. The summed E-state index contributed by atoms with van der Waals surface area (Å²) < 4.78 is 0. The third-order valence-electron chi connectivity index (χ3n) is 5.00. The van der Waals surface area contributed by atoms with E-state index in [0.717, 1.165) is 37.3 Å². The van der Waals surface area contributed by atoms with E-state index in [4.69, 9.17) is 11.6 Å². The summed E-state index contributed by atoms with van der Waals surface area (Å²) in [6, 6.07) is 9.46. The first kappa shape index (κ1) is 23.3. The van der Waals surface area contributed by atoms with E-state index in [0.29, 0.717) is 15.7 Å². The lowest BCUT2D eigenvalue weighted by atomic mass is 9.95. The lowest BCUT2D eigenvalue weighted by molar-refractivity contribution is -0.126. The zero-order valence-electron chi connectivity index (χ0n) is 18.0. The maximum atomic E-state index is 12.2. The van der Waals surface area contributed by atoms with Crippen molar-refractivity contribution >= 4 is 46.7 Å².